The second kappa shape index (κ2) is 6.88. The molecule has 0 aliphatic rings. The van der Waals surface area contributed by atoms with Crippen LogP contribution < -0.4 is 10.1 Å². The fourth-order valence-corrected chi connectivity index (χ4v) is 2.54. The molecule has 1 N–H and O–H groups in total. The first-order chi connectivity index (χ1) is 11.6. The van der Waals surface area contributed by atoms with Crippen LogP contribution in [0.3, 0.4) is 0 Å². The fourth-order valence-electron chi connectivity index (χ4n) is 2.39. The number of anilines is 1. The number of carbonyl (C=O) groups is 1. The molecule has 0 bridgehead atoms. The molecule has 0 saturated heterocycles. The van der Waals surface area contributed by atoms with Crippen LogP contribution >= 0.6 is 11.6 Å². The lowest BCUT2D eigenvalue weighted by atomic mass is 10.3. The molecule has 24 heavy (non-hydrogen) atoms. The van der Waals surface area contributed by atoms with Crippen molar-refractivity contribution in [1.29, 1.82) is 0 Å². The average molecular weight is 345 g/mol. The van der Waals surface area contributed by atoms with Crippen LogP contribution in [0.5, 0.6) is 5.75 Å². The smallest absolute Gasteiger partial charge is 0.275 e. The van der Waals surface area contributed by atoms with Crippen LogP contribution in [0.4, 0.5) is 5.82 Å². The normalized spacial score (nSPS) is 10.8. The minimum Gasteiger partial charge on any atom is -0.490 e. The third kappa shape index (κ3) is 3.19. The van der Waals surface area contributed by atoms with E-state index in [1.54, 1.807) is 48.0 Å². The Balaban J connectivity index is 1.92. The maximum Gasteiger partial charge on any atom is 0.275 e. The van der Waals surface area contributed by atoms with Crippen LogP contribution in [0.25, 0.3) is 5.65 Å². The SMILES string of the molecule is CCCOc1cccnc1NC(=O)c1c(C)nc2cc(Cl)ccn12. The number of imidazole rings is 1. The minimum atomic E-state index is -0.303. The summed E-state index contributed by atoms with van der Waals surface area (Å²) < 4.78 is 7.32. The van der Waals surface area contributed by atoms with Crippen LogP contribution in [0.1, 0.15) is 29.5 Å². The maximum absolute atomic E-state index is 12.7. The van der Waals surface area contributed by atoms with Crippen molar-refractivity contribution in [1.82, 2.24) is 14.4 Å². The number of nitrogens with zero attached hydrogens (tertiary/aromatic N) is 3. The zero-order valence-corrected chi connectivity index (χ0v) is 14.2. The summed E-state index contributed by atoms with van der Waals surface area (Å²) in [6.07, 6.45) is 4.20. The molecule has 0 aliphatic heterocycles. The fraction of sp³-hybridized carbons (Fsp3) is 0.235. The Labute approximate surface area is 144 Å². The summed E-state index contributed by atoms with van der Waals surface area (Å²) in [7, 11) is 0. The summed E-state index contributed by atoms with van der Waals surface area (Å²) in [4.78, 5) is 21.3. The predicted molar refractivity (Wildman–Crippen MR) is 92.9 cm³/mol. The molecule has 6 nitrogen and oxygen atoms in total. The molecule has 0 saturated carbocycles. The van der Waals surface area contributed by atoms with Crippen molar-refractivity contribution in [2.45, 2.75) is 20.3 Å². The van der Waals surface area contributed by atoms with Gasteiger partial charge in [-0.1, -0.05) is 18.5 Å². The van der Waals surface area contributed by atoms with E-state index in [4.69, 9.17) is 16.3 Å². The lowest BCUT2D eigenvalue weighted by Crippen LogP contribution is -2.17. The maximum atomic E-state index is 12.7. The van der Waals surface area contributed by atoms with Crippen LogP contribution in [0, 0.1) is 6.92 Å². The molecule has 3 aromatic rings. The summed E-state index contributed by atoms with van der Waals surface area (Å²) in [5, 5.41) is 3.37. The Kier molecular flexibility index (Phi) is 4.66. The van der Waals surface area contributed by atoms with E-state index in [9.17, 15) is 4.79 Å². The third-order valence-corrected chi connectivity index (χ3v) is 3.68. The Bertz CT molecular complexity index is 891. The van der Waals surface area contributed by atoms with E-state index < -0.39 is 0 Å². The summed E-state index contributed by atoms with van der Waals surface area (Å²) in [6, 6.07) is 6.96. The Hall–Kier alpha value is -2.60. The number of hydrogen-bond donors (Lipinski definition) is 1. The first-order valence-corrected chi connectivity index (χ1v) is 8.01. The second-order valence-electron chi connectivity index (χ2n) is 5.27. The number of aromatic nitrogens is 3. The molecule has 0 aliphatic carbocycles. The van der Waals surface area contributed by atoms with E-state index in [1.165, 1.54) is 0 Å². The van der Waals surface area contributed by atoms with E-state index in [0.717, 1.165) is 6.42 Å². The number of hydrogen-bond acceptors (Lipinski definition) is 4. The van der Waals surface area contributed by atoms with Gasteiger partial charge in [-0.05, 0) is 31.5 Å². The topological polar surface area (TPSA) is 68.5 Å². The van der Waals surface area contributed by atoms with E-state index in [1.807, 2.05) is 6.92 Å². The van der Waals surface area contributed by atoms with Gasteiger partial charge in [0.1, 0.15) is 11.3 Å². The van der Waals surface area contributed by atoms with Crippen LogP contribution in [-0.4, -0.2) is 26.9 Å². The summed E-state index contributed by atoms with van der Waals surface area (Å²) >= 11 is 5.98. The number of aryl methyl sites for hydroxylation is 1. The monoisotopic (exact) mass is 344 g/mol. The molecule has 124 valence electrons. The van der Waals surface area contributed by atoms with Crippen LogP contribution in [0.15, 0.2) is 36.7 Å². The van der Waals surface area contributed by atoms with Crippen molar-refractivity contribution >= 4 is 29.0 Å². The van der Waals surface area contributed by atoms with Gasteiger partial charge in [0, 0.05) is 23.5 Å². The molecule has 0 fully saturated rings. The molecule has 0 unspecified atom stereocenters. The molecular formula is C17H17ClN4O2. The van der Waals surface area contributed by atoms with Gasteiger partial charge in [0.25, 0.3) is 5.91 Å². The van der Waals surface area contributed by atoms with Gasteiger partial charge in [0.2, 0.25) is 0 Å². The van der Waals surface area contributed by atoms with Crippen molar-refractivity contribution in [2.24, 2.45) is 0 Å². The van der Waals surface area contributed by atoms with Crippen molar-refractivity contribution in [3.8, 4) is 5.75 Å². The lowest BCUT2D eigenvalue weighted by Gasteiger charge is -2.11. The number of ether oxygens (including phenoxy) is 1. The van der Waals surface area contributed by atoms with Crippen LogP contribution in [-0.2, 0) is 0 Å². The summed E-state index contributed by atoms with van der Waals surface area (Å²) in [5.41, 5.74) is 1.67. The van der Waals surface area contributed by atoms with Gasteiger partial charge in [0.05, 0.1) is 12.3 Å². The number of fused-ring (bicyclic) bond motifs is 1. The number of carbonyl (C=O) groups excluding carboxylic acids is 1. The van der Waals surface area contributed by atoms with E-state index >= 15 is 0 Å². The van der Waals surface area contributed by atoms with Gasteiger partial charge in [0.15, 0.2) is 11.6 Å². The number of rotatable bonds is 5. The molecule has 7 heteroatoms. The predicted octanol–water partition coefficient (Wildman–Crippen LogP) is 3.73. The molecule has 0 aromatic carbocycles. The highest BCUT2D eigenvalue weighted by Gasteiger charge is 2.18. The zero-order chi connectivity index (χ0) is 17.1. The standard InChI is InChI=1S/C17H17ClN4O2/c1-3-9-24-13-5-4-7-19-16(13)21-17(23)15-11(2)20-14-10-12(18)6-8-22(14)15/h4-8,10H,3,9H2,1-2H3,(H,19,21,23). The van der Waals surface area contributed by atoms with E-state index in [-0.39, 0.29) is 5.91 Å². The first kappa shape index (κ1) is 16.3. The highest BCUT2D eigenvalue weighted by atomic mass is 35.5. The number of halogens is 1. The molecule has 0 atom stereocenters. The Morgan fingerprint density at radius 1 is 1.42 bits per heavy atom. The van der Waals surface area contributed by atoms with Gasteiger partial charge >= 0.3 is 0 Å². The molecule has 3 heterocycles. The zero-order valence-electron chi connectivity index (χ0n) is 13.4. The van der Waals surface area contributed by atoms with Crippen molar-refractivity contribution in [2.75, 3.05) is 11.9 Å². The van der Waals surface area contributed by atoms with Gasteiger partial charge in [-0.2, -0.15) is 0 Å². The van der Waals surface area contributed by atoms with Crippen molar-refractivity contribution in [3.05, 3.63) is 53.1 Å². The Morgan fingerprint density at radius 3 is 3.04 bits per heavy atom. The highest BCUT2D eigenvalue weighted by molar-refractivity contribution is 6.30. The molecule has 3 aromatic heterocycles. The number of amides is 1. The molecule has 3 rings (SSSR count). The largest absolute Gasteiger partial charge is 0.490 e. The Morgan fingerprint density at radius 2 is 2.25 bits per heavy atom. The molecule has 1 amide bonds. The average Bonchev–Trinajstić information content (AvgIpc) is 2.89. The van der Waals surface area contributed by atoms with E-state index in [0.29, 0.717) is 40.2 Å². The molecular weight excluding hydrogens is 328 g/mol. The van der Waals surface area contributed by atoms with E-state index in [2.05, 4.69) is 15.3 Å². The van der Waals surface area contributed by atoms with Gasteiger partial charge in [-0.25, -0.2) is 9.97 Å². The highest BCUT2D eigenvalue weighted by Crippen LogP contribution is 2.23. The second-order valence-corrected chi connectivity index (χ2v) is 5.71. The van der Waals surface area contributed by atoms with Gasteiger partial charge in [-0.15, -0.1) is 0 Å². The number of nitrogens with one attached hydrogen (secondary N) is 1. The first-order valence-electron chi connectivity index (χ1n) is 7.63. The lowest BCUT2D eigenvalue weighted by molar-refractivity contribution is 0.102. The molecule has 0 radical (unpaired) electrons. The van der Waals surface area contributed by atoms with Crippen LogP contribution in [0.2, 0.25) is 5.02 Å². The summed E-state index contributed by atoms with van der Waals surface area (Å²) in [6.45, 7) is 4.35. The van der Waals surface area contributed by atoms with Gasteiger partial charge in [-0.3, -0.25) is 9.20 Å². The van der Waals surface area contributed by atoms with Crippen molar-refractivity contribution in [3.63, 3.8) is 0 Å². The molecule has 0 spiro atoms. The minimum absolute atomic E-state index is 0.303. The van der Waals surface area contributed by atoms with Crippen molar-refractivity contribution < 1.29 is 9.53 Å². The quantitative estimate of drug-likeness (QED) is 0.765. The summed E-state index contributed by atoms with van der Waals surface area (Å²) in [5.74, 6) is 0.629. The third-order valence-electron chi connectivity index (χ3n) is 3.44. The van der Waals surface area contributed by atoms with Gasteiger partial charge < -0.3 is 10.1 Å². The number of pyridine rings is 2.